The molecule has 0 atom stereocenters. The summed E-state index contributed by atoms with van der Waals surface area (Å²) in [5.41, 5.74) is 1.59. The van der Waals surface area contributed by atoms with Crippen LogP contribution in [0.25, 0.3) is 10.9 Å². The van der Waals surface area contributed by atoms with Crippen LogP contribution in [-0.4, -0.2) is 4.98 Å². The molecule has 0 aliphatic rings. The van der Waals surface area contributed by atoms with Crippen molar-refractivity contribution in [3.8, 4) is 0 Å². The van der Waals surface area contributed by atoms with E-state index in [1.165, 1.54) is 12.1 Å². The van der Waals surface area contributed by atoms with E-state index in [-0.39, 0.29) is 5.82 Å². The molecule has 12 heavy (non-hydrogen) atoms. The Morgan fingerprint density at radius 2 is 2.08 bits per heavy atom. The van der Waals surface area contributed by atoms with Crippen molar-refractivity contribution in [3.63, 3.8) is 0 Å². The summed E-state index contributed by atoms with van der Waals surface area (Å²) in [5.74, 6) is -0.241. The number of rotatable bonds is 0. The van der Waals surface area contributed by atoms with Crippen LogP contribution >= 0.6 is 0 Å². The van der Waals surface area contributed by atoms with Crippen molar-refractivity contribution in [3.05, 3.63) is 48.8 Å². The SMILES string of the molecule is [CH2]c1cnc2ccc(F)cc2c1. The number of benzene rings is 1. The van der Waals surface area contributed by atoms with E-state index < -0.39 is 0 Å². The molecule has 0 saturated heterocycles. The van der Waals surface area contributed by atoms with E-state index in [0.717, 1.165) is 16.5 Å². The van der Waals surface area contributed by atoms with Crippen LogP contribution in [0.4, 0.5) is 4.39 Å². The molecule has 0 aliphatic heterocycles. The number of pyridine rings is 1. The van der Waals surface area contributed by atoms with Gasteiger partial charge in [-0.3, -0.25) is 4.98 Å². The van der Waals surface area contributed by atoms with E-state index in [9.17, 15) is 4.39 Å². The summed E-state index contributed by atoms with van der Waals surface area (Å²) in [6.07, 6.45) is 1.67. The van der Waals surface area contributed by atoms with Crippen LogP contribution in [0.2, 0.25) is 0 Å². The minimum absolute atomic E-state index is 0.241. The third kappa shape index (κ3) is 1.16. The second-order valence-corrected chi connectivity index (χ2v) is 2.68. The fourth-order valence-corrected chi connectivity index (χ4v) is 1.15. The molecule has 1 aromatic heterocycles. The molecule has 0 aliphatic carbocycles. The third-order valence-corrected chi connectivity index (χ3v) is 1.70. The lowest BCUT2D eigenvalue weighted by Crippen LogP contribution is -1.81. The number of halogens is 1. The molecule has 2 heteroatoms. The van der Waals surface area contributed by atoms with Crippen LogP contribution in [0.15, 0.2) is 30.5 Å². The van der Waals surface area contributed by atoms with Crippen molar-refractivity contribution in [2.75, 3.05) is 0 Å². The van der Waals surface area contributed by atoms with Gasteiger partial charge in [-0.2, -0.15) is 0 Å². The van der Waals surface area contributed by atoms with Crippen LogP contribution in [0.1, 0.15) is 5.56 Å². The van der Waals surface area contributed by atoms with Crippen LogP contribution < -0.4 is 0 Å². The number of fused-ring (bicyclic) bond motifs is 1. The first-order valence-electron chi connectivity index (χ1n) is 3.63. The summed E-state index contributed by atoms with van der Waals surface area (Å²) in [6, 6.07) is 6.32. The summed E-state index contributed by atoms with van der Waals surface area (Å²) < 4.78 is 12.7. The summed E-state index contributed by atoms with van der Waals surface area (Å²) in [5, 5.41) is 0.794. The first kappa shape index (κ1) is 7.22. The van der Waals surface area contributed by atoms with Crippen molar-refractivity contribution in [2.24, 2.45) is 0 Å². The number of aromatic nitrogens is 1. The molecule has 1 nitrogen and oxygen atoms in total. The smallest absolute Gasteiger partial charge is 0.123 e. The van der Waals surface area contributed by atoms with E-state index >= 15 is 0 Å². The van der Waals surface area contributed by atoms with Crippen LogP contribution in [0.3, 0.4) is 0 Å². The Morgan fingerprint density at radius 1 is 1.25 bits per heavy atom. The van der Waals surface area contributed by atoms with E-state index in [4.69, 9.17) is 0 Å². The molecule has 0 amide bonds. The zero-order valence-electron chi connectivity index (χ0n) is 6.42. The normalized spacial score (nSPS) is 10.5. The molecule has 1 aromatic carbocycles. The average Bonchev–Trinajstić information content (AvgIpc) is 2.03. The lowest BCUT2D eigenvalue weighted by Gasteiger charge is -1.97. The molecule has 0 spiro atoms. The highest BCUT2D eigenvalue weighted by Crippen LogP contribution is 2.13. The van der Waals surface area contributed by atoms with Crippen LogP contribution in [-0.2, 0) is 0 Å². The predicted molar refractivity (Wildman–Crippen MR) is 46.2 cm³/mol. The maximum Gasteiger partial charge on any atom is 0.123 e. The minimum Gasteiger partial charge on any atom is -0.256 e. The molecule has 0 unspecified atom stereocenters. The van der Waals surface area contributed by atoms with Gasteiger partial charge in [0.05, 0.1) is 5.52 Å². The number of hydrogen-bond donors (Lipinski definition) is 0. The van der Waals surface area contributed by atoms with Crippen molar-refractivity contribution in [1.82, 2.24) is 4.98 Å². The van der Waals surface area contributed by atoms with Crippen molar-refractivity contribution < 1.29 is 4.39 Å². The quantitative estimate of drug-likeness (QED) is 0.577. The monoisotopic (exact) mass is 160 g/mol. The van der Waals surface area contributed by atoms with E-state index in [1.54, 1.807) is 12.3 Å². The first-order valence-corrected chi connectivity index (χ1v) is 3.63. The highest BCUT2D eigenvalue weighted by atomic mass is 19.1. The van der Waals surface area contributed by atoms with E-state index in [0.29, 0.717) is 0 Å². The minimum atomic E-state index is -0.241. The molecule has 0 N–H and O–H groups in total. The molecule has 1 radical (unpaired) electrons. The number of nitrogens with zero attached hydrogens (tertiary/aromatic N) is 1. The van der Waals surface area contributed by atoms with Crippen LogP contribution in [0.5, 0.6) is 0 Å². The highest BCUT2D eigenvalue weighted by molar-refractivity contribution is 5.79. The van der Waals surface area contributed by atoms with Gasteiger partial charge in [0, 0.05) is 11.6 Å². The van der Waals surface area contributed by atoms with Gasteiger partial charge >= 0.3 is 0 Å². The summed E-state index contributed by atoms with van der Waals surface area (Å²) in [6.45, 7) is 3.72. The third-order valence-electron chi connectivity index (χ3n) is 1.70. The first-order chi connectivity index (χ1) is 5.75. The standard InChI is InChI=1S/C10H7FN/c1-7-4-8-5-9(11)2-3-10(8)12-6-7/h2-6H,1H2. The van der Waals surface area contributed by atoms with Gasteiger partial charge in [-0.05, 0) is 36.8 Å². The average molecular weight is 160 g/mol. The van der Waals surface area contributed by atoms with Crippen molar-refractivity contribution in [2.45, 2.75) is 0 Å². The van der Waals surface area contributed by atoms with Gasteiger partial charge in [-0.15, -0.1) is 0 Å². The predicted octanol–water partition coefficient (Wildman–Crippen LogP) is 2.56. The molecule has 2 rings (SSSR count). The molecular weight excluding hydrogens is 153 g/mol. The van der Waals surface area contributed by atoms with E-state index in [1.807, 2.05) is 6.07 Å². The second kappa shape index (κ2) is 2.55. The van der Waals surface area contributed by atoms with E-state index in [2.05, 4.69) is 11.9 Å². The Labute approximate surface area is 69.9 Å². The Morgan fingerprint density at radius 3 is 2.92 bits per heavy atom. The number of hydrogen-bond acceptors (Lipinski definition) is 1. The molecule has 0 fully saturated rings. The molecular formula is C10H7FN. The Bertz CT molecular complexity index is 386. The maximum atomic E-state index is 12.7. The van der Waals surface area contributed by atoms with Crippen molar-refractivity contribution in [1.29, 1.82) is 0 Å². The lowest BCUT2D eigenvalue weighted by molar-refractivity contribution is 0.629. The Kier molecular flexibility index (Phi) is 1.54. The van der Waals surface area contributed by atoms with Gasteiger partial charge in [0.15, 0.2) is 0 Å². The fourth-order valence-electron chi connectivity index (χ4n) is 1.15. The van der Waals surface area contributed by atoms with Crippen molar-refractivity contribution >= 4 is 10.9 Å². The second-order valence-electron chi connectivity index (χ2n) is 2.68. The molecule has 0 saturated carbocycles. The maximum absolute atomic E-state index is 12.7. The van der Waals surface area contributed by atoms with Gasteiger partial charge < -0.3 is 0 Å². The Balaban J connectivity index is 2.80. The molecule has 1 heterocycles. The van der Waals surface area contributed by atoms with Crippen LogP contribution in [0, 0.1) is 12.7 Å². The van der Waals surface area contributed by atoms with Gasteiger partial charge in [0.1, 0.15) is 5.82 Å². The van der Waals surface area contributed by atoms with Gasteiger partial charge in [-0.25, -0.2) is 4.39 Å². The summed E-state index contributed by atoms with van der Waals surface area (Å²) >= 11 is 0. The summed E-state index contributed by atoms with van der Waals surface area (Å²) in [7, 11) is 0. The molecule has 0 bridgehead atoms. The van der Waals surface area contributed by atoms with Gasteiger partial charge in [-0.1, -0.05) is 0 Å². The largest absolute Gasteiger partial charge is 0.256 e. The highest BCUT2D eigenvalue weighted by Gasteiger charge is 1.96. The molecule has 2 aromatic rings. The lowest BCUT2D eigenvalue weighted by atomic mass is 10.2. The van der Waals surface area contributed by atoms with Gasteiger partial charge in [0.2, 0.25) is 0 Å². The Hall–Kier alpha value is -1.44. The fraction of sp³-hybridized carbons (Fsp3) is 0. The van der Waals surface area contributed by atoms with Gasteiger partial charge in [0.25, 0.3) is 0 Å². The zero-order valence-corrected chi connectivity index (χ0v) is 6.42. The summed E-state index contributed by atoms with van der Waals surface area (Å²) in [4.78, 5) is 4.09. The molecule has 59 valence electrons. The zero-order chi connectivity index (χ0) is 8.55. The topological polar surface area (TPSA) is 12.9 Å².